The van der Waals surface area contributed by atoms with Crippen molar-refractivity contribution in [2.75, 3.05) is 26.2 Å². The van der Waals surface area contributed by atoms with Gasteiger partial charge in [0.1, 0.15) is 5.82 Å². The predicted molar refractivity (Wildman–Crippen MR) is 108 cm³/mol. The van der Waals surface area contributed by atoms with Gasteiger partial charge in [0.05, 0.1) is 0 Å². The van der Waals surface area contributed by atoms with Gasteiger partial charge in [0, 0.05) is 44.7 Å². The lowest BCUT2D eigenvalue weighted by molar-refractivity contribution is -0.133. The maximum absolute atomic E-state index is 13.8. The Hall–Kier alpha value is -2.24. The highest BCUT2D eigenvalue weighted by Gasteiger charge is 2.30. The van der Waals surface area contributed by atoms with E-state index in [2.05, 4.69) is 29.2 Å². The molecule has 1 atom stereocenters. The molecular weight excluding hydrogens is 353 g/mol. The third-order valence-corrected chi connectivity index (χ3v) is 6.09. The SMILES string of the molecule is N[C@@H](CC(=O)N1CCN(C2Cc3ccccc3C2)CC1)Cc1ccccc1F. The van der Waals surface area contributed by atoms with E-state index in [0.29, 0.717) is 18.0 Å². The number of rotatable bonds is 5. The highest BCUT2D eigenvalue weighted by Crippen LogP contribution is 2.26. The van der Waals surface area contributed by atoms with Crippen molar-refractivity contribution in [1.82, 2.24) is 9.80 Å². The molecule has 0 saturated carbocycles. The molecule has 2 aliphatic rings. The van der Waals surface area contributed by atoms with E-state index >= 15 is 0 Å². The standard InChI is InChI=1S/C23H28FN3O/c24-22-8-4-3-7-19(22)13-20(25)16-23(28)27-11-9-26(10-12-27)21-14-17-5-1-2-6-18(17)15-21/h1-8,20-21H,9-16,25H2/t20-/m1/s1. The number of carbonyl (C=O) groups excluding carboxylic acids is 1. The second-order valence-electron chi connectivity index (χ2n) is 8.01. The number of nitrogens with two attached hydrogens (primary N) is 1. The smallest absolute Gasteiger partial charge is 0.224 e. The lowest BCUT2D eigenvalue weighted by Gasteiger charge is -2.38. The van der Waals surface area contributed by atoms with Crippen LogP contribution < -0.4 is 5.73 Å². The van der Waals surface area contributed by atoms with Crippen LogP contribution in [0.4, 0.5) is 4.39 Å². The van der Waals surface area contributed by atoms with Crippen molar-refractivity contribution >= 4 is 5.91 Å². The minimum absolute atomic E-state index is 0.0817. The van der Waals surface area contributed by atoms with Gasteiger partial charge in [0.2, 0.25) is 5.91 Å². The Bertz CT molecular complexity index is 807. The summed E-state index contributed by atoms with van der Waals surface area (Å²) in [6, 6.07) is 15.5. The largest absolute Gasteiger partial charge is 0.340 e. The molecule has 0 spiro atoms. The van der Waals surface area contributed by atoms with Crippen LogP contribution in [0.5, 0.6) is 0 Å². The topological polar surface area (TPSA) is 49.6 Å². The summed E-state index contributed by atoms with van der Waals surface area (Å²) in [5.74, 6) is -0.172. The van der Waals surface area contributed by atoms with E-state index in [9.17, 15) is 9.18 Å². The molecule has 1 amide bonds. The van der Waals surface area contributed by atoms with Crippen molar-refractivity contribution in [3.05, 3.63) is 71.0 Å². The van der Waals surface area contributed by atoms with Gasteiger partial charge in [-0.2, -0.15) is 0 Å². The Balaban J connectivity index is 1.25. The molecule has 5 heteroatoms. The van der Waals surface area contributed by atoms with Gasteiger partial charge in [-0.1, -0.05) is 42.5 Å². The van der Waals surface area contributed by atoms with Gasteiger partial charge >= 0.3 is 0 Å². The van der Waals surface area contributed by atoms with Crippen molar-refractivity contribution in [2.24, 2.45) is 5.73 Å². The molecule has 4 rings (SSSR count). The molecule has 2 N–H and O–H groups in total. The molecule has 1 aliphatic heterocycles. The zero-order valence-electron chi connectivity index (χ0n) is 16.2. The third-order valence-electron chi connectivity index (χ3n) is 6.09. The van der Waals surface area contributed by atoms with Gasteiger partial charge in [-0.15, -0.1) is 0 Å². The maximum Gasteiger partial charge on any atom is 0.224 e. The first-order chi connectivity index (χ1) is 13.6. The summed E-state index contributed by atoms with van der Waals surface area (Å²) in [6.45, 7) is 3.32. The monoisotopic (exact) mass is 381 g/mol. The molecule has 1 heterocycles. The summed E-state index contributed by atoms with van der Waals surface area (Å²) in [5.41, 5.74) is 9.64. The predicted octanol–water partition coefficient (Wildman–Crippen LogP) is 2.40. The number of benzene rings is 2. The van der Waals surface area contributed by atoms with Gasteiger partial charge < -0.3 is 10.6 Å². The Kier molecular flexibility index (Phi) is 5.74. The maximum atomic E-state index is 13.8. The Morgan fingerprint density at radius 1 is 1.00 bits per heavy atom. The van der Waals surface area contributed by atoms with Gasteiger partial charge in [0.25, 0.3) is 0 Å². The quantitative estimate of drug-likeness (QED) is 0.865. The summed E-state index contributed by atoms with van der Waals surface area (Å²) in [4.78, 5) is 17.1. The summed E-state index contributed by atoms with van der Waals surface area (Å²) >= 11 is 0. The lowest BCUT2D eigenvalue weighted by atomic mass is 10.0. The fourth-order valence-corrected chi connectivity index (χ4v) is 4.50. The average molecular weight is 381 g/mol. The second-order valence-corrected chi connectivity index (χ2v) is 8.01. The molecule has 1 saturated heterocycles. The van der Waals surface area contributed by atoms with Crippen molar-refractivity contribution in [3.63, 3.8) is 0 Å². The Morgan fingerprint density at radius 2 is 1.61 bits per heavy atom. The van der Waals surface area contributed by atoms with Crippen LogP contribution in [0.1, 0.15) is 23.1 Å². The van der Waals surface area contributed by atoms with Crippen molar-refractivity contribution in [2.45, 2.75) is 37.8 Å². The number of fused-ring (bicyclic) bond motifs is 1. The van der Waals surface area contributed by atoms with Crippen LogP contribution in [0, 0.1) is 5.82 Å². The number of halogens is 1. The van der Waals surface area contributed by atoms with Gasteiger partial charge in [-0.3, -0.25) is 9.69 Å². The summed E-state index contributed by atoms with van der Waals surface area (Å²) in [5, 5.41) is 0. The summed E-state index contributed by atoms with van der Waals surface area (Å²) in [7, 11) is 0. The molecule has 2 aromatic carbocycles. The van der Waals surface area contributed by atoms with Crippen LogP contribution in [-0.4, -0.2) is 54.0 Å². The summed E-state index contributed by atoms with van der Waals surface area (Å²) < 4.78 is 13.8. The molecule has 4 nitrogen and oxygen atoms in total. The van der Waals surface area contributed by atoms with E-state index in [1.165, 1.54) is 17.2 Å². The van der Waals surface area contributed by atoms with E-state index in [1.807, 2.05) is 4.90 Å². The summed E-state index contributed by atoms with van der Waals surface area (Å²) in [6.07, 6.45) is 2.87. The van der Waals surface area contributed by atoms with Crippen LogP contribution in [0.25, 0.3) is 0 Å². The van der Waals surface area contributed by atoms with Crippen LogP contribution >= 0.6 is 0 Å². The number of hydrogen-bond acceptors (Lipinski definition) is 3. The fraction of sp³-hybridized carbons (Fsp3) is 0.435. The van der Waals surface area contributed by atoms with Crippen LogP contribution in [0.2, 0.25) is 0 Å². The Morgan fingerprint density at radius 3 is 2.25 bits per heavy atom. The average Bonchev–Trinajstić information content (AvgIpc) is 3.14. The molecular formula is C23H28FN3O. The molecule has 148 valence electrons. The van der Waals surface area contributed by atoms with E-state index in [-0.39, 0.29) is 24.2 Å². The van der Waals surface area contributed by atoms with Crippen LogP contribution in [0.15, 0.2) is 48.5 Å². The van der Waals surface area contributed by atoms with E-state index in [1.54, 1.807) is 18.2 Å². The zero-order chi connectivity index (χ0) is 19.5. The normalized spacial score (nSPS) is 18.9. The molecule has 0 aromatic heterocycles. The van der Waals surface area contributed by atoms with Crippen LogP contribution in [-0.2, 0) is 24.1 Å². The van der Waals surface area contributed by atoms with Crippen molar-refractivity contribution in [1.29, 1.82) is 0 Å². The highest BCUT2D eigenvalue weighted by atomic mass is 19.1. The van der Waals surface area contributed by atoms with Crippen LogP contribution in [0.3, 0.4) is 0 Å². The Labute approximate surface area is 166 Å². The van der Waals surface area contributed by atoms with Crippen molar-refractivity contribution < 1.29 is 9.18 Å². The zero-order valence-corrected chi connectivity index (χ0v) is 16.2. The van der Waals surface area contributed by atoms with Gasteiger partial charge in [-0.05, 0) is 42.0 Å². The number of carbonyl (C=O) groups is 1. The first-order valence-electron chi connectivity index (χ1n) is 10.2. The number of hydrogen-bond donors (Lipinski definition) is 1. The lowest BCUT2D eigenvalue weighted by Crippen LogP contribution is -2.52. The second kappa shape index (κ2) is 8.41. The molecule has 0 bridgehead atoms. The first-order valence-corrected chi connectivity index (χ1v) is 10.2. The van der Waals surface area contributed by atoms with E-state index in [0.717, 1.165) is 39.0 Å². The molecule has 1 fully saturated rings. The minimum Gasteiger partial charge on any atom is -0.340 e. The molecule has 1 aliphatic carbocycles. The number of amides is 1. The molecule has 2 aromatic rings. The third kappa shape index (κ3) is 4.26. The van der Waals surface area contributed by atoms with Crippen molar-refractivity contribution in [3.8, 4) is 0 Å². The number of piperazine rings is 1. The highest BCUT2D eigenvalue weighted by molar-refractivity contribution is 5.77. The van der Waals surface area contributed by atoms with Gasteiger partial charge in [-0.25, -0.2) is 4.39 Å². The molecule has 0 unspecified atom stereocenters. The molecule has 28 heavy (non-hydrogen) atoms. The van der Waals surface area contributed by atoms with E-state index < -0.39 is 0 Å². The first kappa shape index (κ1) is 19.1. The fourth-order valence-electron chi connectivity index (χ4n) is 4.50. The number of nitrogens with zero attached hydrogens (tertiary/aromatic N) is 2. The van der Waals surface area contributed by atoms with E-state index in [4.69, 9.17) is 5.73 Å². The minimum atomic E-state index is -0.355. The van der Waals surface area contributed by atoms with Gasteiger partial charge in [0.15, 0.2) is 0 Å². The molecule has 0 radical (unpaired) electrons.